The van der Waals surface area contributed by atoms with Crippen LogP contribution in [0.5, 0.6) is 0 Å². The summed E-state index contributed by atoms with van der Waals surface area (Å²) in [6, 6.07) is 41.9. The lowest BCUT2D eigenvalue weighted by atomic mass is 9.75. The van der Waals surface area contributed by atoms with Gasteiger partial charge in [-0.3, -0.25) is 0 Å². The molecule has 0 atom stereocenters. The third-order valence-electron chi connectivity index (χ3n) is 9.09. The first kappa shape index (κ1) is 25.5. The number of nitrogens with zero attached hydrogens (tertiary/aromatic N) is 2. The second-order valence-electron chi connectivity index (χ2n) is 11.6. The summed E-state index contributed by atoms with van der Waals surface area (Å²) in [6.45, 7) is 3.58. The Hall–Kier alpha value is -4.25. The van der Waals surface area contributed by atoms with Crippen LogP contribution in [0.15, 0.2) is 121 Å². The highest BCUT2D eigenvalue weighted by Crippen LogP contribution is 2.49. The van der Waals surface area contributed by atoms with Gasteiger partial charge in [-0.2, -0.15) is 0 Å². The summed E-state index contributed by atoms with van der Waals surface area (Å²) in [7, 11) is 0. The molecule has 0 aliphatic carbocycles. The molecule has 2 aliphatic heterocycles. The molecule has 0 N–H and O–H groups in total. The Morgan fingerprint density at radius 2 is 1.45 bits per heavy atom. The lowest BCUT2D eigenvalue weighted by molar-refractivity contribution is 0.0553. The molecule has 3 nitrogen and oxygen atoms in total. The normalized spacial score (nSPS) is 15.8. The highest BCUT2D eigenvalue weighted by Gasteiger charge is 2.44. The van der Waals surface area contributed by atoms with Crippen molar-refractivity contribution >= 4 is 27.8 Å². The van der Waals surface area contributed by atoms with Gasteiger partial charge in [0.05, 0.1) is 6.54 Å². The maximum atomic E-state index is 5.85. The maximum Gasteiger partial charge on any atom is 0.123 e. The second kappa shape index (κ2) is 10.5. The molecule has 1 spiro atoms. The predicted molar refractivity (Wildman–Crippen MR) is 175 cm³/mol. The van der Waals surface area contributed by atoms with Crippen LogP contribution in [0.4, 0.5) is 5.69 Å². The quantitative estimate of drug-likeness (QED) is 0.209. The fourth-order valence-corrected chi connectivity index (χ4v) is 7.82. The van der Waals surface area contributed by atoms with Gasteiger partial charge < -0.3 is 9.64 Å². The molecule has 0 unspecified atom stereocenters. The second-order valence-corrected chi connectivity index (χ2v) is 12.7. The topological polar surface area (TPSA) is 25.4 Å². The molecule has 6 aromatic rings. The van der Waals surface area contributed by atoms with E-state index >= 15 is 0 Å². The zero-order valence-electron chi connectivity index (χ0n) is 23.5. The van der Waals surface area contributed by atoms with E-state index in [0.29, 0.717) is 0 Å². The van der Waals surface area contributed by atoms with E-state index in [2.05, 4.69) is 126 Å². The molecule has 5 aromatic carbocycles. The van der Waals surface area contributed by atoms with Crippen molar-refractivity contribution in [3.8, 4) is 32.8 Å². The van der Waals surface area contributed by atoms with Crippen LogP contribution in [0.2, 0.25) is 0 Å². The van der Waals surface area contributed by atoms with Crippen molar-refractivity contribution in [3.63, 3.8) is 0 Å². The minimum absolute atomic E-state index is 0.138. The van der Waals surface area contributed by atoms with E-state index in [-0.39, 0.29) is 5.41 Å². The number of rotatable bonds is 5. The zero-order valence-corrected chi connectivity index (χ0v) is 24.3. The summed E-state index contributed by atoms with van der Waals surface area (Å²) < 4.78 is 5.85. The van der Waals surface area contributed by atoms with Crippen LogP contribution >= 0.6 is 11.3 Å². The van der Waals surface area contributed by atoms with E-state index in [0.717, 1.165) is 44.2 Å². The molecule has 1 fully saturated rings. The molecular formula is C38H32N2OS. The van der Waals surface area contributed by atoms with Crippen molar-refractivity contribution < 1.29 is 4.74 Å². The lowest BCUT2D eigenvalue weighted by Gasteiger charge is -2.34. The van der Waals surface area contributed by atoms with Gasteiger partial charge in [-0.25, -0.2) is 4.98 Å². The summed E-state index contributed by atoms with van der Waals surface area (Å²) in [5.41, 5.74) is 9.25. The molecule has 206 valence electrons. The van der Waals surface area contributed by atoms with E-state index in [4.69, 9.17) is 9.72 Å². The van der Waals surface area contributed by atoms with Crippen LogP contribution in [-0.2, 0) is 16.7 Å². The van der Waals surface area contributed by atoms with E-state index in [1.165, 1.54) is 54.7 Å². The highest BCUT2D eigenvalue weighted by atomic mass is 32.1. The van der Waals surface area contributed by atoms with E-state index in [9.17, 15) is 0 Å². The first-order chi connectivity index (χ1) is 20.8. The summed E-state index contributed by atoms with van der Waals surface area (Å²) in [5, 5.41) is 3.66. The van der Waals surface area contributed by atoms with Crippen LogP contribution < -0.4 is 4.90 Å². The van der Waals surface area contributed by atoms with E-state index < -0.39 is 0 Å². The predicted octanol–water partition coefficient (Wildman–Crippen LogP) is 9.37. The van der Waals surface area contributed by atoms with Gasteiger partial charge in [0.2, 0.25) is 0 Å². The van der Waals surface area contributed by atoms with Gasteiger partial charge in [0, 0.05) is 47.5 Å². The van der Waals surface area contributed by atoms with Gasteiger partial charge in [0.1, 0.15) is 5.01 Å². The molecule has 4 heteroatoms. The monoisotopic (exact) mass is 564 g/mol. The number of anilines is 1. The molecule has 1 aromatic heterocycles. The fourth-order valence-electron chi connectivity index (χ4n) is 6.88. The third kappa shape index (κ3) is 4.52. The summed E-state index contributed by atoms with van der Waals surface area (Å²) in [6.07, 6.45) is 4.20. The molecule has 1 saturated heterocycles. The minimum Gasteiger partial charge on any atom is -0.381 e. The molecule has 2 aliphatic rings. The Morgan fingerprint density at radius 1 is 0.714 bits per heavy atom. The maximum absolute atomic E-state index is 5.85. The first-order valence-corrected chi connectivity index (χ1v) is 15.6. The Morgan fingerprint density at radius 3 is 2.31 bits per heavy atom. The number of ether oxygens (including phenoxy) is 1. The van der Waals surface area contributed by atoms with E-state index in [1.54, 1.807) is 11.3 Å². The van der Waals surface area contributed by atoms with Crippen molar-refractivity contribution in [1.29, 1.82) is 0 Å². The van der Waals surface area contributed by atoms with Gasteiger partial charge in [0.15, 0.2) is 0 Å². The van der Waals surface area contributed by atoms with Gasteiger partial charge in [-0.05, 0) is 63.6 Å². The van der Waals surface area contributed by atoms with Crippen molar-refractivity contribution in [2.75, 3.05) is 24.7 Å². The average molecular weight is 565 g/mol. The Labute approximate surface area is 251 Å². The molecular weight excluding hydrogens is 532 g/mol. The average Bonchev–Trinajstić information content (AvgIpc) is 3.64. The Balaban J connectivity index is 1.11. The first-order valence-electron chi connectivity index (χ1n) is 14.8. The smallest absolute Gasteiger partial charge is 0.123 e. The molecule has 3 heterocycles. The molecule has 0 radical (unpaired) electrons. The largest absolute Gasteiger partial charge is 0.381 e. The van der Waals surface area contributed by atoms with Crippen molar-refractivity contribution in [1.82, 2.24) is 4.98 Å². The number of fused-ring (bicyclic) bond motifs is 3. The number of aromatic nitrogens is 1. The lowest BCUT2D eigenvalue weighted by Crippen LogP contribution is -2.38. The molecule has 0 bridgehead atoms. The summed E-state index contributed by atoms with van der Waals surface area (Å²) in [4.78, 5) is 8.64. The Kier molecular flexibility index (Phi) is 6.39. The van der Waals surface area contributed by atoms with Crippen LogP contribution in [0.1, 0.15) is 23.3 Å². The van der Waals surface area contributed by atoms with Crippen molar-refractivity contribution in [2.24, 2.45) is 0 Å². The number of hydrogen-bond donors (Lipinski definition) is 0. The molecule has 8 rings (SSSR count). The summed E-state index contributed by atoms with van der Waals surface area (Å²) in [5.74, 6) is 0. The zero-order chi connectivity index (χ0) is 27.9. The number of benzene rings is 5. The molecule has 0 saturated carbocycles. The SMILES string of the molecule is c1ccc(-c2ncc(CN3CC4(CCOCC4)c4cc(-c5ccc(-c6cccc7ccccc67)cc5)ccc43)s2)cc1. The fraction of sp³-hybridized carbons (Fsp3) is 0.184. The van der Waals surface area contributed by atoms with Crippen molar-refractivity contribution in [2.45, 2.75) is 24.8 Å². The van der Waals surface area contributed by atoms with Gasteiger partial charge in [-0.15, -0.1) is 11.3 Å². The highest BCUT2D eigenvalue weighted by molar-refractivity contribution is 7.15. The Bertz CT molecular complexity index is 1860. The standard InChI is InChI=1S/C38H32N2OS/c1-2-8-30(9-3-1)37-39-24-32(42-37)25-40-26-38(19-21-41-22-20-38)35-23-31(17-18-36(35)40)27-13-15-29(16-14-27)34-12-6-10-28-7-4-5-11-33(28)34/h1-18,23-24H,19-22,25-26H2. The minimum atomic E-state index is 0.138. The number of hydrogen-bond acceptors (Lipinski definition) is 4. The third-order valence-corrected chi connectivity index (χ3v) is 10.1. The van der Waals surface area contributed by atoms with Crippen molar-refractivity contribution in [3.05, 3.63) is 132 Å². The van der Waals surface area contributed by atoms with E-state index in [1.807, 2.05) is 0 Å². The van der Waals surface area contributed by atoms with Crippen LogP contribution in [0.3, 0.4) is 0 Å². The van der Waals surface area contributed by atoms with Crippen LogP contribution in [-0.4, -0.2) is 24.7 Å². The van der Waals surface area contributed by atoms with Gasteiger partial charge >= 0.3 is 0 Å². The van der Waals surface area contributed by atoms with Crippen LogP contribution in [0.25, 0.3) is 43.6 Å². The summed E-state index contributed by atoms with van der Waals surface area (Å²) >= 11 is 1.81. The molecule has 0 amide bonds. The van der Waals surface area contributed by atoms with Crippen LogP contribution in [0, 0.1) is 0 Å². The number of thiazole rings is 1. The molecule has 42 heavy (non-hydrogen) atoms. The van der Waals surface area contributed by atoms with Gasteiger partial charge in [-0.1, -0.05) is 103 Å². The van der Waals surface area contributed by atoms with Gasteiger partial charge in [0.25, 0.3) is 0 Å².